The Labute approximate surface area is 145 Å². The topological polar surface area (TPSA) is 71.7 Å². The van der Waals surface area contributed by atoms with Crippen LogP contribution in [-0.4, -0.2) is 42.0 Å². The van der Waals surface area contributed by atoms with Crippen LogP contribution in [0.3, 0.4) is 0 Å². The average Bonchev–Trinajstić information content (AvgIpc) is 3.17. The summed E-state index contributed by atoms with van der Waals surface area (Å²) >= 11 is 1.37. The molecule has 128 valence electrons. The van der Waals surface area contributed by atoms with Crippen molar-refractivity contribution in [3.05, 3.63) is 52.3 Å². The fraction of sp³-hybridized carbons (Fsp3) is 0.375. The maximum atomic E-state index is 12.5. The number of carbonyl (C=O) groups is 1. The van der Waals surface area contributed by atoms with Gasteiger partial charge in [-0.3, -0.25) is 4.79 Å². The fourth-order valence-electron chi connectivity index (χ4n) is 2.84. The minimum Gasteiger partial charge on any atom is -0.319 e. The van der Waals surface area contributed by atoms with E-state index in [1.165, 1.54) is 15.6 Å². The summed E-state index contributed by atoms with van der Waals surface area (Å²) in [6.07, 6.45) is 4.24. The molecule has 1 aliphatic rings. The van der Waals surface area contributed by atoms with E-state index in [1.54, 1.807) is 0 Å². The molecule has 1 saturated heterocycles. The van der Waals surface area contributed by atoms with Gasteiger partial charge in [0, 0.05) is 24.7 Å². The Bertz CT molecular complexity index is 885. The smallest absolute Gasteiger partial charge is 0.266 e. The molecule has 1 aliphatic heterocycles. The zero-order valence-electron chi connectivity index (χ0n) is 13.3. The lowest BCUT2D eigenvalue weighted by molar-refractivity contribution is -0.121. The monoisotopic (exact) mass is 365 g/mol. The summed E-state index contributed by atoms with van der Waals surface area (Å²) in [6.45, 7) is 1.01. The van der Waals surface area contributed by atoms with E-state index in [2.05, 4.69) is 4.99 Å². The van der Waals surface area contributed by atoms with Crippen LogP contribution in [-0.2, 0) is 21.4 Å². The summed E-state index contributed by atoms with van der Waals surface area (Å²) in [6, 6.07) is 9.24. The molecule has 0 spiro atoms. The van der Waals surface area contributed by atoms with Crippen LogP contribution in [0.1, 0.15) is 18.4 Å². The predicted molar refractivity (Wildman–Crippen MR) is 93.0 cm³/mol. The molecule has 0 radical (unpaired) electrons. The van der Waals surface area contributed by atoms with Crippen molar-refractivity contribution in [3.8, 4) is 0 Å². The molecule has 0 N–H and O–H groups in total. The van der Waals surface area contributed by atoms with Crippen molar-refractivity contribution in [3.63, 3.8) is 0 Å². The number of amides is 1. The van der Waals surface area contributed by atoms with Crippen LogP contribution < -0.4 is 4.80 Å². The van der Waals surface area contributed by atoms with Crippen LogP contribution >= 0.6 is 11.3 Å². The Morgan fingerprint density at radius 2 is 2.08 bits per heavy atom. The van der Waals surface area contributed by atoms with Gasteiger partial charge in [-0.2, -0.15) is 9.30 Å². The van der Waals surface area contributed by atoms with Gasteiger partial charge in [0.15, 0.2) is 4.80 Å². The van der Waals surface area contributed by atoms with Crippen molar-refractivity contribution in [2.45, 2.75) is 25.4 Å². The first kappa shape index (κ1) is 17.1. The normalized spacial score (nSPS) is 19.7. The number of hydrogen-bond acceptors (Lipinski definition) is 4. The molecular formula is C16H19N3O3S2. The average molecular weight is 365 g/mol. The number of aromatic nitrogens is 1. The number of rotatable bonds is 4. The molecule has 0 unspecified atom stereocenters. The number of sulfonamides is 1. The Morgan fingerprint density at radius 1 is 1.33 bits per heavy atom. The van der Waals surface area contributed by atoms with Crippen LogP contribution in [0.2, 0.25) is 0 Å². The van der Waals surface area contributed by atoms with Crippen molar-refractivity contribution < 1.29 is 13.2 Å². The molecule has 0 saturated carbocycles. The van der Waals surface area contributed by atoms with E-state index in [9.17, 15) is 13.2 Å². The summed E-state index contributed by atoms with van der Waals surface area (Å²) in [5, 5.41) is 1.87. The zero-order chi connectivity index (χ0) is 17.2. The molecule has 0 bridgehead atoms. The van der Waals surface area contributed by atoms with Gasteiger partial charge in [-0.1, -0.05) is 30.3 Å². The quantitative estimate of drug-likeness (QED) is 0.823. The number of thiazole rings is 1. The SMILES string of the molecule is CS(=O)(=O)N1CCC[C@@H]1C(=O)N=c1sccn1Cc1ccccc1. The summed E-state index contributed by atoms with van der Waals surface area (Å²) in [7, 11) is -3.39. The van der Waals surface area contributed by atoms with Crippen LogP contribution in [0.25, 0.3) is 0 Å². The van der Waals surface area contributed by atoms with Crippen molar-refractivity contribution >= 4 is 27.3 Å². The van der Waals surface area contributed by atoms with E-state index in [1.807, 2.05) is 46.5 Å². The van der Waals surface area contributed by atoms with E-state index in [0.29, 0.717) is 30.7 Å². The van der Waals surface area contributed by atoms with Gasteiger partial charge in [0.25, 0.3) is 5.91 Å². The first-order chi connectivity index (χ1) is 11.4. The number of carbonyl (C=O) groups excluding carboxylic acids is 1. The lowest BCUT2D eigenvalue weighted by Gasteiger charge is -2.18. The second-order valence-corrected chi connectivity index (χ2v) is 8.59. The highest BCUT2D eigenvalue weighted by Crippen LogP contribution is 2.21. The van der Waals surface area contributed by atoms with Gasteiger partial charge < -0.3 is 4.57 Å². The van der Waals surface area contributed by atoms with Crippen molar-refractivity contribution in [2.24, 2.45) is 4.99 Å². The standard InChI is InChI=1S/C16H19N3O3S2/c1-24(21,22)19-9-5-8-14(19)15(20)17-16-18(10-11-23-16)12-13-6-3-2-4-7-13/h2-4,6-7,10-11,14H,5,8-9,12H2,1H3/t14-/m1/s1. The lowest BCUT2D eigenvalue weighted by Crippen LogP contribution is -2.39. The Balaban J connectivity index is 1.84. The first-order valence-electron chi connectivity index (χ1n) is 7.68. The van der Waals surface area contributed by atoms with Gasteiger partial charge in [0.1, 0.15) is 6.04 Å². The van der Waals surface area contributed by atoms with E-state index >= 15 is 0 Å². The Kier molecular flexibility index (Phi) is 4.98. The molecule has 2 aromatic rings. The highest BCUT2D eigenvalue weighted by Gasteiger charge is 2.36. The summed E-state index contributed by atoms with van der Waals surface area (Å²) in [5.41, 5.74) is 1.11. The Hall–Kier alpha value is -1.77. The second-order valence-electron chi connectivity index (χ2n) is 5.78. The van der Waals surface area contributed by atoms with Gasteiger partial charge in [-0.25, -0.2) is 8.42 Å². The minimum atomic E-state index is -3.39. The first-order valence-corrected chi connectivity index (χ1v) is 10.4. The highest BCUT2D eigenvalue weighted by molar-refractivity contribution is 7.88. The van der Waals surface area contributed by atoms with Gasteiger partial charge >= 0.3 is 0 Å². The number of hydrogen-bond donors (Lipinski definition) is 0. The minimum absolute atomic E-state index is 0.387. The molecule has 8 heteroatoms. The van der Waals surface area contributed by atoms with Gasteiger partial charge in [-0.05, 0) is 18.4 Å². The zero-order valence-corrected chi connectivity index (χ0v) is 15.0. The molecule has 3 rings (SSSR count). The molecule has 6 nitrogen and oxygen atoms in total. The second kappa shape index (κ2) is 7.00. The van der Waals surface area contributed by atoms with Crippen LogP contribution in [0.15, 0.2) is 46.9 Å². The molecule has 1 atom stereocenters. The van der Waals surface area contributed by atoms with Gasteiger partial charge in [0.2, 0.25) is 10.0 Å². The molecule has 1 amide bonds. The van der Waals surface area contributed by atoms with Crippen LogP contribution in [0, 0.1) is 0 Å². The molecule has 24 heavy (non-hydrogen) atoms. The maximum absolute atomic E-state index is 12.5. The fourth-order valence-corrected chi connectivity index (χ4v) is 4.69. The lowest BCUT2D eigenvalue weighted by atomic mass is 10.2. The van der Waals surface area contributed by atoms with Gasteiger partial charge in [-0.15, -0.1) is 11.3 Å². The molecule has 1 aromatic heterocycles. The number of nitrogens with zero attached hydrogens (tertiary/aromatic N) is 3. The summed E-state index contributed by atoms with van der Waals surface area (Å²) < 4.78 is 26.7. The number of benzene rings is 1. The van der Waals surface area contributed by atoms with E-state index in [4.69, 9.17) is 0 Å². The highest BCUT2D eigenvalue weighted by atomic mass is 32.2. The maximum Gasteiger partial charge on any atom is 0.266 e. The van der Waals surface area contributed by atoms with E-state index in [-0.39, 0.29) is 5.91 Å². The molecule has 0 aliphatic carbocycles. The van der Waals surface area contributed by atoms with Crippen LogP contribution in [0.5, 0.6) is 0 Å². The van der Waals surface area contributed by atoms with Crippen LogP contribution in [0.4, 0.5) is 0 Å². The summed E-state index contributed by atoms with van der Waals surface area (Å²) in [5.74, 6) is -0.387. The largest absolute Gasteiger partial charge is 0.319 e. The molecule has 2 heterocycles. The summed E-state index contributed by atoms with van der Waals surface area (Å²) in [4.78, 5) is 17.3. The van der Waals surface area contributed by atoms with Gasteiger partial charge in [0.05, 0.1) is 6.26 Å². The van der Waals surface area contributed by atoms with E-state index < -0.39 is 16.1 Å². The van der Waals surface area contributed by atoms with Crippen molar-refractivity contribution in [2.75, 3.05) is 12.8 Å². The van der Waals surface area contributed by atoms with Crippen molar-refractivity contribution in [1.82, 2.24) is 8.87 Å². The molecular weight excluding hydrogens is 346 g/mol. The molecule has 1 fully saturated rings. The third kappa shape index (κ3) is 3.82. The predicted octanol–water partition coefficient (Wildman–Crippen LogP) is 1.45. The Morgan fingerprint density at radius 3 is 2.79 bits per heavy atom. The third-order valence-electron chi connectivity index (χ3n) is 3.98. The van der Waals surface area contributed by atoms with Crippen molar-refractivity contribution in [1.29, 1.82) is 0 Å². The van der Waals surface area contributed by atoms with E-state index in [0.717, 1.165) is 11.8 Å². The molecule has 1 aromatic carbocycles. The third-order valence-corrected chi connectivity index (χ3v) is 6.06.